The Kier molecular flexibility index (Phi) is 5.94. The molecule has 1 atom stereocenters. The Hall–Kier alpha value is -2.67. The van der Waals surface area contributed by atoms with E-state index in [-0.39, 0.29) is 18.3 Å². The second kappa shape index (κ2) is 8.78. The maximum Gasteiger partial charge on any atom is 0.260 e. The van der Waals surface area contributed by atoms with Gasteiger partial charge < -0.3 is 19.9 Å². The van der Waals surface area contributed by atoms with Crippen LogP contribution in [0.4, 0.5) is 10.1 Å². The zero-order chi connectivity index (χ0) is 20.2. The summed E-state index contributed by atoms with van der Waals surface area (Å²) in [5.74, 6) is -0.458. The summed E-state index contributed by atoms with van der Waals surface area (Å²) in [6, 6.07) is 10.8. The smallest absolute Gasteiger partial charge is 0.260 e. The number of hydrogen-bond donors (Lipinski definition) is 1. The Labute approximate surface area is 170 Å². The van der Waals surface area contributed by atoms with Crippen LogP contribution in [0.3, 0.4) is 0 Å². The molecule has 2 aromatic rings. The minimum Gasteiger partial charge on any atom is -0.481 e. The zero-order valence-corrected chi connectivity index (χ0v) is 16.7. The van der Waals surface area contributed by atoms with Crippen LogP contribution in [0.15, 0.2) is 36.4 Å². The van der Waals surface area contributed by atoms with Crippen molar-refractivity contribution < 1.29 is 13.9 Å². The molecular weight excluding hydrogens is 371 g/mol. The van der Waals surface area contributed by atoms with E-state index < -0.39 is 5.82 Å². The summed E-state index contributed by atoms with van der Waals surface area (Å²) < 4.78 is 19.0. The summed E-state index contributed by atoms with van der Waals surface area (Å²) in [7, 11) is 0. The molecule has 6 nitrogen and oxygen atoms in total. The van der Waals surface area contributed by atoms with E-state index in [1.54, 1.807) is 17.0 Å². The van der Waals surface area contributed by atoms with Crippen LogP contribution in [0.2, 0.25) is 0 Å². The van der Waals surface area contributed by atoms with Gasteiger partial charge in [-0.25, -0.2) is 4.39 Å². The lowest BCUT2D eigenvalue weighted by atomic mass is 10.1. The Morgan fingerprint density at radius 3 is 2.76 bits per heavy atom. The number of carbonyl (C=O) groups excluding carboxylic acids is 1. The Bertz CT molecular complexity index is 862. The van der Waals surface area contributed by atoms with E-state index in [0.717, 1.165) is 43.1 Å². The first-order chi connectivity index (χ1) is 14.1. The van der Waals surface area contributed by atoms with Crippen molar-refractivity contribution in [2.45, 2.75) is 25.8 Å². The largest absolute Gasteiger partial charge is 0.481 e. The number of carbonyl (C=O) groups is 1. The van der Waals surface area contributed by atoms with E-state index in [1.807, 2.05) is 6.92 Å². The Balaban J connectivity index is 1.33. The fraction of sp³-hybridized carbons (Fsp3) is 0.455. The van der Waals surface area contributed by atoms with Gasteiger partial charge in [0.15, 0.2) is 18.2 Å². The van der Waals surface area contributed by atoms with Crippen molar-refractivity contribution in [3.8, 4) is 5.75 Å². The molecule has 2 aliphatic rings. The molecular formula is C22H27FN4O2. The average molecular weight is 398 g/mol. The maximum absolute atomic E-state index is 13.6. The standard InChI is InChI=1S/C22H27FN4O2/c1-16-13-17(14-20(25-16)19-6-4-8-24-19)26-9-11-27(12-10-26)22(28)15-29-21-7-3-2-5-18(21)23/h2-3,5,7,13-14,19,24H,4,6,8-12,15H2,1H3. The number of ether oxygens (including phenoxy) is 1. The zero-order valence-electron chi connectivity index (χ0n) is 16.7. The summed E-state index contributed by atoms with van der Waals surface area (Å²) in [5.41, 5.74) is 3.29. The van der Waals surface area contributed by atoms with Crippen molar-refractivity contribution in [1.82, 2.24) is 15.2 Å². The minimum atomic E-state index is -0.453. The van der Waals surface area contributed by atoms with E-state index in [2.05, 4.69) is 22.3 Å². The van der Waals surface area contributed by atoms with Crippen LogP contribution in [-0.4, -0.2) is 55.1 Å². The van der Waals surface area contributed by atoms with E-state index in [0.29, 0.717) is 19.1 Å². The van der Waals surface area contributed by atoms with Crippen LogP contribution in [0.1, 0.15) is 30.3 Å². The number of pyridine rings is 1. The first-order valence-corrected chi connectivity index (χ1v) is 10.2. The third kappa shape index (κ3) is 4.67. The lowest BCUT2D eigenvalue weighted by molar-refractivity contribution is -0.133. The topological polar surface area (TPSA) is 57.7 Å². The van der Waals surface area contributed by atoms with E-state index in [4.69, 9.17) is 9.72 Å². The number of hydrogen-bond acceptors (Lipinski definition) is 5. The normalized spacial score (nSPS) is 19.4. The van der Waals surface area contributed by atoms with Crippen LogP contribution in [0.5, 0.6) is 5.75 Å². The van der Waals surface area contributed by atoms with Gasteiger partial charge in [0.2, 0.25) is 0 Å². The van der Waals surface area contributed by atoms with Crippen molar-refractivity contribution in [3.63, 3.8) is 0 Å². The number of nitrogens with one attached hydrogen (secondary N) is 1. The highest BCUT2D eigenvalue weighted by Gasteiger charge is 2.24. The Morgan fingerprint density at radius 1 is 1.24 bits per heavy atom. The quantitative estimate of drug-likeness (QED) is 0.839. The monoisotopic (exact) mass is 398 g/mol. The molecule has 154 valence electrons. The second-order valence-corrected chi connectivity index (χ2v) is 7.63. The van der Waals surface area contributed by atoms with Crippen molar-refractivity contribution in [1.29, 1.82) is 0 Å². The molecule has 0 aliphatic carbocycles. The molecule has 7 heteroatoms. The van der Waals surface area contributed by atoms with E-state index >= 15 is 0 Å². The van der Waals surface area contributed by atoms with Gasteiger partial charge in [0.05, 0.1) is 5.69 Å². The molecule has 2 aliphatic heterocycles. The highest BCUT2D eigenvalue weighted by molar-refractivity contribution is 5.78. The molecule has 1 aromatic heterocycles. The summed E-state index contributed by atoms with van der Waals surface area (Å²) in [4.78, 5) is 21.2. The highest BCUT2D eigenvalue weighted by Crippen LogP contribution is 2.26. The van der Waals surface area contributed by atoms with Gasteiger partial charge in [-0.1, -0.05) is 12.1 Å². The van der Waals surface area contributed by atoms with Gasteiger partial charge in [-0.2, -0.15) is 0 Å². The van der Waals surface area contributed by atoms with Gasteiger partial charge in [0, 0.05) is 43.6 Å². The van der Waals surface area contributed by atoms with Crippen LogP contribution < -0.4 is 15.0 Å². The molecule has 3 heterocycles. The lowest BCUT2D eigenvalue weighted by Gasteiger charge is -2.36. The molecule has 0 radical (unpaired) electrons. The molecule has 1 unspecified atom stereocenters. The summed E-state index contributed by atoms with van der Waals surface area (Å²) in [6.07, 6.45) is 2.31. The molecule has 0 spiro atoms. The van der Waals surface area contributed by atoms with Crippen LogP contribution in [-0.2, 0) is 4.79 Å². The fourth-order valence-electron chi connectivity index (χ4n) is 3.98. The van der Waals surface area contributed by atoms with Gasteiger partial charge in [-0.05, 0) is 50.6 Å². The minimum absolute atomic E-state index is 0.111. The first kappa shape index (κ1) is 19.6. The van der Waals surface area contributed by atoms with E-state index in [1.165, 1.54) is 18.6 Å². The second-order valence-electron chi connectivity index (χ2n) is 7.63. The fourth-order valence-corrected chi connectivity index (χ4v) is 3.98. The molecule has 1 N–H and O–H groups in total. The lowest BCUT2D eigenvalue weighted by Crippen LogP contribution is -2.50. The van der Waals surface area contributed by atoms with Crippen LogP contribution in [0.25, 0.3) is 0 Å². The molecule has 2 saturated heterocycles. The number of aromatic nitrogens is 1. The van der Waals surface area contributed by atoms with Crippen molar-refractivity contribution in [3.05, 3.63) is 53.6 Å². The van der Waals surface area contributed by atoms with Crippen molar-refractivity contribution in [2.24, 2.45) is 0 Å². The molecule has 1 amide bonds. The number of anilines is 1. The number of rotatable bonds is 5. The van der Waals surface area contributed by atoms with Gasteiger partial charge in [0.25, 0.3) is 5.91 Å². The summed E-state index contributed by atoms with van der Waals surface area (Å²) in [5, 5.41) is 3.51. The number of halogens is 1. The number of amides is 1. The van der Waals surface area contributed by atoms with Gasteiger partial charge in [-0.15, -0.1) is 0 Å². The molecule has 29 heavy (non-hydrogen) atoms. The van der Waals surface area contributed by atoms with Crippen molar-refractivity contribution >= 4 is 11.6 Å². The first-order valence-electron chi connectivity index (χ1n) is 10.2. The van der Waals surface area contributed by atoms with Gasteiger partial charge in [0.1, 0.15) is 0 Å². The number of para-hydroxylation sites is 1. The molecule has 0 bridgehead atoms. The highest BCUT2D eigenvalue weighted by atomic mass is 19.1. The summed E-state index contributed by atoms with van der Waals surface area (Å²) >= 11 is 0. The predicted octanol–water partition coefficient (Wildman–Crippen LogP) is 2.68. The number of aryl methyl sites for hydroxylation is 1. The third-order valence-corrected chi connectivity index (χ3v) is 5.56. The third-order valence-electron chi connectivity index (χ3n) is 5.56. The number of piperazine rings is 1. The summed E-state index contributed by atoms with van der Waals surface area (Å²) in [6.45, 7) is 5.69. The Morgan fingerprint density at radius 2 is 2.03 bits per heavy atom. The van der Waals surface area contributed by atoms with E-state index in [9.17, 15) is 9.18 Å². The maximum atomic E-state index is 13.6. The number of nitrogens with zero attached hydrogens (tertiary/aromatic N) is 3. The molecule has 1 aromatic carbocycles. The van der Waals surface area contributed by atoms with Crippen LogP contribution in [0, 0.1) is 12.7 Å². The van der Waals surface area contributed by atoms with Gasteiger partial charge in [-0.3, -0.25) is 9.78 Å². The van der Waals surface area contributed by atoms with Crippen molar-refractivity contribution in [2.75, 3.05) is 44.2 Å². The molecule has 0 saturated carbocycles. The molecule has 2 fully saturated rings. The molecule has 4 rings (SSSR count). The predicted molar refractivity (Wildman–Crippen MR) is 110 cm³/mol. The average Bonchev–Trinajstić information content (AvgIpc) is 3.28. The number of benzene rings is 1. The van der Waals surface area contributed by atoms with Crippen LogP contribution >= 0.6 is 0 Å². The SMILES string of the molecule is Cc1cc(N2CCN(C(=O)COc3ccccc3F)CC2)cc(C2CCCN2)n1. The van der Waals surface area contributed by atoms with Gasteiger partial charge >= 0.3 is 0 Å².